The minimum atomic E-state index is -0.00921. The van der Waals surface area contributed by atoms with Gasteiger partial charge in [-0.05, 0) is 51.4 Å². The molecule has 0 unspecified atom stereocenters. The Hall–Kier alpha value is -4.88. The van der Waals surface area contributed by atoms with Crippen LogP contribution in [0.5, 0.6) is 11.5 Å². The summed E-state index contributed by atoms with van der Waals surface area (Å²) in [5, 5.41) is 3.84. The Morgan fingerprint density at radius 1 is 0.816 bits per heavy atom. The zero-order valence-corrected chi connectivity index (χ0v) is 20.9. The maximum Gasteiger partial charge on any atom is 0.191 e. The molecule has 5 aromatic carbocycles. The van der Waals surface area contributed by atoms with Gasteiger partial charge in [0.25, 0.3) is 0 Å². The number of hydrogen-bond donors (Lipinski definition) is 2. The lowest BCUT2D eigenvalue weighted by atomic mass is 9.90. The molecule has 7 nitrogen and oxygen atoms in total. The van der Waals surface area contributed by atoms with Gasteiger partial charge >= 0.3 is 0 Å². The zero-order valence-electron chi connectivity index (χ0n) is 20.9. The molecule has 0 aliphatic carbocycles. The lowest BCUT2D eigenvalue weighted by Crippen LogP contribution is -2.21. The predicted molar refractivity (Wildman–Crippen MR) is 151 cm³/mol. The fourth-order valence-corrected chi connectivity index (χ4v) is 4.62. The van der Waals surface area contributed by atoms with Crippen molar-refractivity contribution in [2.75, 3.05) is 13.9 Å². The summed E-state index contributed by atoms with van der Waals surface area (Å²) >= 11 is 0. The van der Waals surface area contributed by atoms with Crippen molar-refractivity contribution in [3.8, 4) is 22.6 Å². The van der Waals surface area contributed by atoms with E-state index in [1.54, 1.807) is 7.11 Å². The number of aliphatic imine (C=N–C) groups is 1. The molecule has 4 N–H and O–H groups in total. The van der Waals surface area contributed by atoms with Gasteiger partial charge in [-0.3, -0.25) is 4.79 Å². The minimum absolute atomic E-state index is 0.00888. The fourth-order valence-electron chi connectivity index (χ4n) is 4.62. The molecule has 0 saturated heterocycles. The number of nitrogens with zero attached hydrogens (tertiary/aromatic N) is 1. The average molecular weight is 506 g/mol. The number of aldehydes is 1. The van der Waals surface area contributed by atoms with Gasteiger partial charge in [0.2, 0.25) is 0 Å². The fraction of sp³-hybridized carbons (Fsp3) is 0.0968. The number of rotatable bonds is 9. The highest BCUT2D eigenvalue weighted by Gasteiger charge is 2.22. The second-order valence-electron chi connectivity index (χ2n) is 8.71. The second-order valence-corrected chi connectivity index (χ2v) is 8.71. The van der Waals surface area contributed by atoms with Crippen LogP contribution in [0.3, 0.4) is 0 Å². The first-order valence-corrected chi connectivity index (χ1v) is 12.0. The molecular formula is C31H27N3O4. The van der Waals surface area contributed by atoms with E-state index in [2.05, 4.69) is 4.99 Å². The number of fused-ring (bicyclic) bond motifs is 2. The first kappa shape index (κ1) is 24.8. The zero-order chi connectivity index (χ0) is 26.5. The second kappa shape index (κ2) is 11.0. The molecule has 7 heteroatoms. The van der Waals surface area contributed by atoms with E-state index >= 15 is 0 Å². The number of nitrogens with two attached hydrogens (primary N) is 2. The van der Waals surface area contributed by atoms with Crippen molar-refractivity contribution >= 4 is 39.5 Å². The van der Waals surface area contributed by atoms with E-state index in [0.29, 0.717) is 22.7 Å². The quantitative estimate of drug-likeness (QED) is 0.111. The molecule has 0 heterocycles. The maximum atomic E-state index is 12.2. The molecule has 0 saturated carbocycles. The third-order valence-electron chi connectivity index (χ3n) is 6.18. The van der Waals surface area contributed by atoms with E-state index in [1.165, 1.54) is 0 Å². The molecule has 0 atom stereocenters. The van der Waals surface area contributed by atoms with Crippen LogP contribution in [0.25, 0.3) is 32.7 Å². The summed E-state index contributed by atoms with van der Waals surface area (Å²) in [4.78, 5) is 16.3. The average Bonchev–Trinajstić information content (AvgIpc) is 2.94. The van der Waals surface area contributed by atoms with Crippen LogP contribution in [0.15, 0.2) is 96.0 Å². The highest BCUT2D eigenvalue weighted by atomic mass is 16.7. The summed E-state index contributed by atoms with van der Waals surface area (Å²) < 4.78 is 17.7. The summed E-state index contributed by atoms with van der Waals surface area (Å²) in [7, 11) is 1.55. The molecular weight excluding hydrogens is 478 g/mol. The Balaban J connectivity index is 1.72. The van der Waals surface area contributed by atoms with Gasteiger partial charge in [-0.1, -0.05) is 66.7 Å². The van der Waals surface area contributed by atoms with Crippen molar-refractivity contribution in [2.45, 2.75) is 6.61 Å². The lowest BCUT2D eigenvalue weighted by Gasteiger charge is -2.21. The van der Waals surface area contributed by atoms with E-state index in [9.17, 15) is 4.79 Å². The highest BCUT2D eigenvalue weighted by Crippen LogP contribution is 2.47. The minimum Gasteiger partial charge on any atom is -0.488 e. The lowest BCUT2D eigenvalue weighted by molar-refractivity contribution is 0.0510. The number of benzene rings is 5. The molecule has 0 aliphatic rings. The number of ether oxygens (including phenoxy) is 3. The monoisotopic (exact) mass is 505 g/mol. The molecule has 190 valence electrons. The van der Waals surface area contributed by atoms with E-state index in [4.69, 9.17) is 25.7 Å². The Morgan fingerprint density at radius 2 is 1.55 bits per heavy atom. The Morgan fingerprint density at radius 3 is 2.29 bits per heavy atom. The SMILES string of the molecule is COCOc1c(C=O)cc2ccccc2c1-c1c(OCc2cccc(N=C(N)N)c2)ccc2ccccc12. The van der Waals surface area contributed by atoms with E-state index in [0.717, 1.165) is 44.5 Å². The van der Waals surface area contributed by atoms with Gasteiger partial charge in [-0.2, -0.15) is 0 Å². The topological polar surface area (TPSA) is 109 Å². The molecule has 0 amide bonds. The van der Waals surface area contributed by atoms with Gasteiger partial charge in [0.1, 0.15) is 18.1 Å². The van der Waals surface area contributed by atoms with Crippen LogP contribution < -0.4 is 20.9 Å². The van der Waals surface area contributed by atoms with Gasteiger partial charge in [-0.15, -0.1) is 0 Å². The third-order valence-corrected chi connectivity index (χ3v) is 6.18. The van der Waals surface area contributed by atoms with Crippen molar-refractivity contribution in [2.24, 2.45) is 16.5 Å². The summed E-state index contributed by atoms with van der Waals surface area (Å²) in [6, 6.07) is 29.3. The van der Waals surface area contributed by atoms with Gasteiger partial charge in [0, 0.05) is 18.2 Å². The van der Waals surface area contributed by atoms with Crippen LogP contribution in [0.1, 0.15) is 15.9 Å². The molecule has 0 spiro atoms. The number of carbonyl (C=O) groups excluding carboxylic acids is 1. The molecule has 0 fully saturated rings. The number of guanidine groups is 1. The highest BCUT2D eigenvalue weighted by molar-refractivity contribution is 6.12. The van der Waals surface area contributed by atoms with Gasteiger partial charge < -0.3 is 25.7 Å². The predicted octanol–water partition coefficient (Wildman–Crippen LogP) is 5.94. The third kappa shape index (κ3) is 5.00. The van der Waals surface area contributed by atoms with Gasteiger partial charge in [0.05, 0.1) is 11.3 Å². The first-order valence-electron chi connectivity index (χ1n) is 12.0. The van der Waals surface area contributed by atoms with Crippen molar-refractivity contribution < 1.29 is 19.0 Å². The van der Waals surface area contributed by atoms with Crippen LogP contribution in [-0.2, 0) is 11.3 Å². The van der Waals surface area contributed by atoms with Crippen molar-refractivity contribution in [3.05, 3.63) is 102 Å². The van der Waals surface area contributed by atoms with E-state index < -0.39 is 0 Å². The molecule has 5 aromatic rings. The van der Waals surface area contributed by atoms with Gasteiger partial charge in [0.15, 0.2) is 19.0 Å². The van der Waals surface area contributed by atoms with E-state index in [-0.39, 0.29) is 19.4 Å². The first-order chi connectivity index (χ1) is 18.6. The Kier molecular flexibility index (Phi) is 7.19. The summed E-state index contributed by atoms with van der Waals surface area (Å²) in [5.41, 5.74) is 14.7. The summed E-state index contributed by atoms with van der Waals surface area (Å²) in [5.74, 6) is 1.08. The molecule has 38 heavy (non-hydrogen) atoms. The molecule has 0 bridgehead atoms. The van der Waals surface area contributed by atoms with Crippen LogP contribution in [0, 0.1) is 0 Å². The smallest absolute Gasteiger partial charge is 0.191 e. The van der Waals surface area contributed by atoms with E-state index in [1.807, 2.05) is 91.0 Å². The summed E-state index contributed by atoms with van der Waals surface area (Å²) in [6.45, 7) is 0.267. The largest absolute Gasteiger partial charge is 0.488 e. The number of carbonyl (C=O) groups is 1. The Labute approximate surface area is 220 Å². The Bertz CT molecular complexity index is 1660. The van der Waals surface area contributed by atoms with Crippen molar-refractivity contribution in [1.29, 1.82) is 0 Å². The normalized spacial score (nSPS) is 10.9. The molecule has 0 radical (unpaired) electrons. The van der Waals surface area contributed by atoms with Crippen LogP contribution >= 0.6 is 0 Å². The van der Waals surface area contributed by atoms with Crippen molar-refractivity contribution in [1.82, 2.24) is 0 Å². The van der Waals surface area contributed by atoms with Gasteiger partial charge in [-0.25, -0.2) is 4.99 Å². The summed E-state index contributed by atoms with van der Waals surface area (Å²) in [6.07, 6.45) is 0.807. The van der Waals surface area contributed by atoms with Crippen molar-refractivity contribution in [3.63, 3.8) is 0 Å². The number of methoxy groups -OCH3 is 1. The molecule has 5 rings (SSSR count). The molecule has 0 aromatic heterocycles. The number of hydrogen-bond acceptors (Lipinski definition) is 5. The van der Waals surface area contributed by atoms with Crippen LogP contribution in [0.2, 0.25) is 0 Å². The maximum absolute atomic E-state index is 12.2. The standard InChI is InChI=1S/C31H27N3O4/c1-36-19-38-30-23(17-35)16-22-9-3-5-12-26(22)29(30)28-25-11-4-2-8-21(25)13-14-27(28)37-18-20-7-6-10-24(15-20)34-31(32)33/h2-17H,18-19H2,1H3,(H4,32,33,34). The molecule has 0 aliphatic heterocycles. The van der Waals surface area contributed by atoms with Crippen LogP contribution in [0.4, 0.5) is 5.69 Å². The van der Waals surface area contributed by atoms with Crippen LogP contribution in [-0.4, -0.2) is 26.1 Å².